The third kappa shape index (κ3) is 3.34. The van der Waals surface area contributed by atoms with Crippen molar-refractivity contribution in [2.75, 3.05) is 6.61 Å². The molecule has 4 rings (SSSR count). The van der Waals surface area contributed by atoms with Crippen molar-refractivity contribution in [2.24, 2.45) is 11.3 Å². The van der Waals surface area contributed by atoms with E-state index in [9.17, 15) is 5.11 Å². The van der Waals surface area contributed by atoms with Crippen molar-refractivity contribution in [1.82, 2.24) is 14.8 Å². The van der Waals surface area contributed by atoms with Crippen molar-refractivity contribution in [1.29, 1.82) is 0 Å². The van der Waals surface area contributed by atoms with Crippen LogP contribution < -0.4 is 0 Å². The number of aliphatic hydroxyl groups is 1. The van der Waals surface area contributed by atoms with Gasteiger partial charge >= 0.3 is 0 Å². The summed E-state index contributed by atoms with van der Waals surface area (Å²) < 4.78 is 1.98. The fourth-order valence-electron chi connectivity index (χ4n) is 4.29. The molecule has 2 heterocycles. The Bertz CT molecular complexity index is 985. The molecule has 146 valence electrons. The molecule has 0 bridgehead atoms. The number of pyridine rings is 1. The van der Waals surface area contributed by atoms with Crippen LogP contribution in [0.25, 0.3) is 16.9 Å². The van der Waals surface area contributed by atoms with Gasteiger partial charge in [-0.15, -0.1) is 0 Å². The molecule has 1 aliphatic carbocycles. The molecule has 1 fully saturated rings. The van der Waals surface area contributed by atoms with Gasteiger partial charge in [-0.25, -0.2) is 4.68 Å². The lowest BCUT2D eigenvalue weighted by atomic mass is 9.53. The second-order valence-corrected chi connectivity index (χ2v) is 8.84. The van der Waals surface area contributed by atoms with Gasteiger partial charge in [0.1, 0.15) is 0 Å². The summed E-state index contributed by atoms with van der Waals surface area (Å²) in [5, 5.41) is 15.3. The highest BCUT2D eigenvalue weighted by molar-refractivity contribution is 6.42. The van der Waals surface area contributed by atoms with Crippen LogP contribution in [-0.4, -0.2) is 26.5 Å². The predicted octanol–water partition coefficient (Wildman–Crippen LogP) is 5.75. The van der Waals surface area contributed by atoms with E-state index in [1.807, 2.05) is 35.1 Å². The second kappa shape index (κ2) is 7.51. The van der Waals surface area contributed by atoms with E-state index in [1.54, 1.807) is 12.3 Å². The van der Waals surface area contributed by atoms with Crippen LogP contribution in [0.5, 0.6) is 0 Å². The van der Waals surface area contributed by atoms with Crippen LogP contribution in [-0.2, 0) is 0 Å². The first-order valence-corrected chi connectivity index (χ1v) is 10.2. The lowest BCUT2D eigenvalue weighted by Gasteiger charge is -2.52. The van der Waals surface area contributed by atoms with Gasteiger partial charge in [-0.1, -0.05) is 37.0 Å². The minimum atomic E-state index is 0.0863. The van der Waals surface area contributed by atoms with Gasteiger partial charge in [0.25, 0.3) is 0 Å². The molecule has 0 spiro atoms. The average Bonchev–Trinajstić information content (AvgIpc) is 3.12. The Morgan fingerprint density at radius 2 is 2.00 bits per heavy atom. The van der Waals surface area contributed by atoms with Gasteiger partial charge in [0.15, 0.2) is 0 Å². The molecule has 3 aromatic rings. The summed E-state index contributed by atoms with van der Waals surface area (Å²) in [7, 11) is 0. The first-order chi connectivity index (χ1) is 13.4. The van der Waals surface area contributed by atoms with Crippen LogP contribution >= 0.6 is 23.2 Å². The Hall–Kier alpha value is -1.88. The summed E-state index contributed by atoms with van der Waals surface area (Å²) in [6.45, 7) is 4.78. The Labute approximate surface area is 175 Å². The van der Waals surface area contributed by atoms with Crippen LogP contribution in [0.1, 0.15) is 38.3 Å². The number of aliphatic hydroxyl groups excluding tert-OH is 1. The maximum absolute atomic E-state index is 9.38. The molecule has 2 aromatic heterocycles. The summed E-state index contributed by atoms with van der Waals surface area (Å²) in [6.07, 6.45) is 5.45. The van der Waals surface area contributed by atoms with E-state index in [1.165, 1.54) is 0 Å². The van der Waals surface area contributed by atoms with E-state index in [-0.39, 0.29) is 12.0 Å². The molecule has 6 heteroatoms. The molecule has 4 nitrogen and oxygen atoms in total. The molecule has 0 unspecified atom stereocenters. The smallest absolute Gasteiger partial charge is 0.0946 e. The van der Waals surface area contributed by atoms with E-state index < -0.39 is 0 Å². The van der Waals surface area contributed by atoms with Crippen LogP contribution in [0, 0.1) is 11.3 Å². The quantitative estimate of drug-likeness (QED) is 0.576. The van der Waals surface area contributed by atoms with Crippen LogP contribution in [0.2, 0.25) is 10.0 Å². The zero-order valence-electron chi connectivity index (χ0n) is 15.9. The third-order valence-corrected chi connectivity index (χ3v) is 6.89. The van der Waals surface area contributed by atoms with Crippen LogP contribution in [0.3, 0.4) is 0 Å². The van der Waals surface area contributed by atoms with Crippen molar-refractivity contribution >= 4 is 23.2 Å². The van der Waals surface area contributed by atoms with E-state index in [0.717, 1.165) is 35.5 Å². The highest BCUT2D eigenvalue weighted by atomic mass is 35.5. The summed E-state index contributed by atoms with van der Waals surface area (Å²) >= 11 is 12.4. The van der Waals surface area contributed by atoms with Gasteiger partial charge in [0.05, 0.1) is 21.4 Å². The van der Waals surface area contributed by atoms with Gasteiger partial charge < -0.3 is 5.11 Å². The molecule has 0 aliphatic heterocycles. The van der Waals surface area contributed by atoms with Gasteiger partial charge in [-0.3, -0.25) is 4.98 Å². The van der Waals surface area contributed by atoms with E-state index in [4.69, 9.17) is 28.3 Å². The number of rotatable bonds is 5. The van der Waals surface area contributed by atoms with Crippen molar-refractivity contribution in [2.45, 2.75) is 32.6 Å². The minimum Gasteiger partial charge on any atom is -0.396 e. The fraction of sp³-hybridized carbons (Fsp3) is 0.364. The highest BCUT2D eigenvalue weighted by Crippen LogP contribution is 2.58. The van der Waals surface area contributed by atoms with Gasteiger partial charge in [0.2, 0.25) is 0 Å². The lowest BCUT2D eigenvalue weighted by Crippen LogP contribution is -2.44. The molecule has 1 N–H and O–H groups in total. The van der Waals surface area contributed by atoms with Crippen molar-refractivity contribution in [3.63, 3.8) is 0 Å². The predicted molar refractivity (Wildman–Crippen MR) is 113 cm³/mol. The number of halogens is 2. The minimum absolute atomic E-state index is 0.0863. The molecular formula is C22H23Cl2N3O. The molecule has 0 amide bonds. The Balaban J connectivity index is 1.80. The standard InChI is InChI=1S/C22H23Cl2N3O/c1-22(2)15(7-9-28)10-17(22)21-12-20(14-4-3-8-25-13-14)26-27(21)16-5-6-18(23)19(24)11-16/h3-6,8,11-13,15,17,28H,7,9-10H2,1-2H3/t15-,17-/m0/s1. The Morgan fingerprint density at radius 1 is 1.18 bits per heavy atom. The summed E-state index contributed by atoms with van der Waals surface area (Å²) in [5.41, 5.74) is 3.99. The number of nitrogens with zero attached hydrogens (tertiary/aromatic N) is 3. The summed E-state index contributed by atoms with van der Waals surface area (Å²) in [4.78, 5) is 4.23. The molecule has 28 heavy (non-hydrogen) atoms. The fourth-order valence-corrected chi connectivity index (χ4v) is 4.58. The zero-order chi connectivity index (χ0) is 19.9. The molecular weight excluding hydrogens is 393 g/mol. The van der Waals surface area contributed by atoms with Gasteiger partial charge in [-0.05, 0) is 60.6 Å². The molecule has 1 saturated carbocycles. The largest absolute Gasteiger partial charge is 0.396 e. The second-order valence-electron chi connectivity index (χ2n) is 8.03. The maximum Gasteiger partial charge on any atom is 0.0946 e. The first kappa shape index (κ1) is 19.4. The summed E-state index contributed by atoms with van der Waals surface area (Å²) in [6, 6.07) is 11.7. The normalized spacial score (nSPS) is 20.8. The molecule has 0 saturated heterocycles. The topological polar surface area (TPSA) is 50.9 Å². The van der Waals surface area contributed by atoms with Crippen molar-refractivity contribution < 1.29 is 5.11 Å². The highest BCUT2D eigenvalue weighted by Gasteiger charge is 2.49. The van der Waals surface area contributed by atoms with Crippen molar-refractivity contribution in [3.05, 3.63) is 64.5 Å². The van der Waals surface area contributed by atoms with E-state index in [2.05, 4.69) is 24.9 Å². The molecule has 1 aromatic carbocycles. The van der Waals surface area contributed by atoms with Crippen molar-refractivity contribution in [3.8, 4) is 16.9 Å². The van der Waals surface area contributed by atoms with Crippen LogP contribution in [0.15, 0.2) is 48.8 Å². The number of aromatic nitrogens is 3. The first-order valence-electron chi connectivity index (χ1n) is 9.48. The van der Waals surface area contributed by atoms with Gasteiger partial charge in [0, 0.05) is 36.2 Å². The molecule has 0 radical (unpaired) electrons. The van der Waals surface area contributed by atoms with Gasteiger partial charge in [-0.2, -0.15) is 5.10 Å². The SMILES string of the molecule is CC1(C)[C@@H](CCO)C[C@H]1c1cc(-c2cccnc2)nn1-c1ccc(Cl)c(Cl)c1. The number of benzene rings is 1. The number of hydrogen-bond donors (Lipinski definition) is 1. The number of hydrogen-bond acceptors (Lipinski definition) is 3. The lowest BCUT2D eigenvalue weighted by molar-refractivity contribution is 0.0115. The summed E-state index contributed by atoms with van der Waals surface area (Å²) in [5.74, 6) is 0.845. The third-order valence-electron chi connectivity index (χ3n) is 6.15. The Morgan fingerprint density at radius 3 is 2.64 bits per heavy atom. The monoisotopic (exact) mass is 415 g/mol. The van der Waals surface area contributed by atoms with E-state index in [0.29, 0.717) is 21.9 Å². The van der Waals surface area contributed by atoms with E-state index >= 15 is 0 Å². The zero-order valence-corrected chi connectivity index (χ0v) is 17.5. The maximum atomic E-state index is 9.38. The van der Waals surface area contributed by atoms with Crippen LogP contribution in [0.4, 0.5) is 0 Å². The molecule has 2 atom stereocenters. The average molecular weight is 416 g/mol. The Kier molecular flexibility index (Phi) is 5.21. The molecule has 1 aliphatic rings.